The van der Waals surface area contributed by atoms with Crippen LogP contribution in [0.15, 0.2) is 47.1 Å². The quantitative estimate of drug-likeness (QED) is 0.724. The van der Waals surface area contributed by atoms with Crippen LogP contribution >= 0.6 is 0 Å². The van der Waals surface area contributed by atoms with Crippen molar-refractivity contribution in [2.75, 3.05) is 31.1 Å². The molecule has 4 rings (SSSR count). The van der Waals surface area contributed by atoms with Gasteiger partial charge in [-0.25, -0.2) is 15.0 Å². The molecule has 7 nitrogen and oxygen atoms in total. The van der Waals surface area contributed by atoms with Crippen LogP contribution < -0.4 is 4.90 Å². The summed E-state index contributed by atoms with van der Waals surface area (Å²) in [5, 5.41) is 0. The average Bonchev–Trinajstić information content (AvgIpc) is 3.10. The first-order valence-corrected chi connectivity index (χ1v) is 8.44. The standard InChI is InChI=1S/C18H19N5O2/c24-17(7-6-16-21-14-4-1-2-5-15(14)25-16)22-10-12-23(13-11-22)18-19-8-3-9-20-18/h1-5,8-9H,6-7,10-13H2. The zero-order valence-electron chi connectivity index (χ0n) is 13.8. The Hall–Kier alpha value is -2.96. The topological polar surface area (TPSA) is 75.4 Å². The van der Waals surface area contributed by atoms with E-state index >= 15 is 0 Å². The highest BCUT2D eigenvalue weighted by Crippen LogP contribution is 2.16. The highest BCUT2D eigenvalue weighted by molar-refractivity contribution is 5.77. The van der Waals surface area contributed by atoms with Crippen LogP contribution in [0.1, 0.15) is 12.3 Å². The fourth-order valence-electron chi connectivity index (χ4n) is 3.01. The van der Waals surface area contributed by atoms with Crippen LogP contribution in [0, 0.1) is 0 Å². The number of nitrogens with zero attached hydrogens (tertiary/aromatic N) is 5. The Morgan fingerprint density at radius 2 is 1.80 bits per heavy atom. The predicted molar refractivity (Wildman–Crippen MR) is 93.2 cm³/mol. The third kappa shape index (κ3) is 3.45. The number of anilines is 1. The number of rotatable bonds is 4. The normalized spacial score (nSPS) is 14.9. The van der Waals surface area contributed by atoms with Gasteiger partial charge in [-0.15, -0.1) is 0 Å². The lowest BCUT2D eigenvalue weighted by Crippen LogP contribution is -2.49. The zero-order valence-corrected chi connectivity index (χ0v) is 13.8. The molecule has 2 aromatic heterocycles. The lowest BCUT2D eigenvalue weighted by molar-refractivity contribution is -0.131. The van der Waals surface area contributed by atoms with E-state index in [1.54, 1.807) is 18.5 Å². The first-order chi connectivity index (χ1) is 12.3. The average molecular weight is 337 g/mol. The molecule has 128 valence electrons. The number of para-hydroxylation sites is 2. The van der Waals surface area contributed by atoms with Gasteiger partial charge in [0.25, 0.3) is 0 Å². The van der Waals surface area contributed by atoms with E-state index in [9.17, 15) is 4.79 Å². The van der Waals surface area contributed by atoms with Crippen LogP contribution in [-0.4, -0.2) is 51.9 Å². The molecule has 1 aromatic carbocycles. The molecule has 0 spiro atoms. The molecule has 25 heavy (non-hydrogen) atoms. The fraction of sp³-hybridized carbons (Fsp3) is 0.333. The van der Waals surface area contributed by atoms with Gasteiger partial charge in [-0.2, -0.15) is 0 Å². The minimum Gasteiger partial charge on any atom is -0.441 e. The van der Waals surface area contributed by atoms with Gasteiger partial charge in [-0.3, -0.25) is 4.79 Å². The second-order valence-electron chi connectivity index (χ2n) is 5.99. The Morgan fingerprint density at radius 1 is 1.04 bits per heavy atom. The van der Waals surface area contributed by atoms with Crippen LogP contribution in [0.4, 0.5) is 5.95 Å². The molecule has 3 heterocycles. The predicted octanol–water partition coefficient (Wildman–Crippen LogP) is 1.90. The van der Waals surface area contributed by atoms with Crippen molar-refractivity contribution in [3.63, 3.8) is 0 Å². The Labute approximate surface area is 145 Å². The monoisotopic (exact) mass is 337 g/mol. The van der Waals surface area contributed by atoms with Crippen molar-refractivity contribution in [2.24, 2.45) is 0 Å². The number of amides is 1. The Bertz CT molecular complexity index is 823. The van der Waals surface area contributed by atoms with Crippen molar-refractivity contribution >= 4 is 23.0 Å². The summed E-state index contributed by atoms with van der Waals surface area (Å²) in [6, 6.07) is 9.44. The number of benzene rings is 1. The van der Waals surface area contributed by atoms with E-state index < -0.39 is 0 Å². The molecule has 1 aliphatic rings. The largest absolute Gasteiger partial charge is 0.441 e. The molecule has 0 N–H and O–H groups in total. The van der Waals surface area contributed by atoms with Gasteiger partial charge >= 0.3 is 0 Å². The second kappa shape index (κ2) is 6.88. The molecule has 7 heteroatoms. The lowest BCUT2D eigenvalue weighted by Gasteiger charge is -2.34. The minimum absolute atomic E-state index is 0.135. The van der Waals surface area contributed by atoms with Gasteiger partial charge in [0.1, 0.15) is 5.52 Å². The Kier molecular flexibility index (Phi) is 4.28. The van der Waals surface area contributed by atoms with Gasteiger partial charge in [0, 0.05) is 51.4 Å². The summed E-state index contributed by atoms with van der Waals surface area (Å²) in [5.41, 5.74) is 1.60. The molecular formula is C18H19N5O2. The SMILES string of the molecule is O=C(CCc1nc2ccccc2o1)N1CCN(c2ncccn2)CC1. The molecule has 0 radical (unpaired) electrons. The molecule has 0 saturated carbocycles. The van der Waals surface area contributed by atoms with Gasteiger partial charge in [0.15, 0.2) is 11.5 Å². The number of aryl methyl sites for hydroxylation is 1. The number of hydrogen-bond donors (Lipinski definition) is 0. The summed E-state index contributed by atoms with van der Waals surface area (Å²) >= 11 is 0. The Balaban J connectivity index is 1.30. The fourth-order valence-corrected chi connectivity index (χ4v) is 3.01. The second-order valence-corrected chi connectivity index (χ2v) is 5.99. The number of piperazine rings is 1. The number of oxazole rings is 1. The van der Waals surface area contributed by atoms with E-state index in [-0.39, 0.29) is 5.91 Å². The van der Waals surface area contributed by atoms with Gasteiger partial charge in [-0.1, -0.05) is 12.1 Å². The first-order valence-electron chi connectivity index (χ1n) is 8.44. The maximum atomic E-state index is 12.4. The summed E-state index contributed by atoms with van der Waals surface area (Å²) in [6.07, 6.45) is 4.41. The van der Waals surface area contributed by atoms with E-state index in [1.807, 2.05) is 29.2 Å². The first kappa shape index (κ1) is 15.6. The van der Waals surface area contributed by atoms with Crippen LogP contribution in [0.25, 0.3) is 11.1 Å². The van der Waals surface area contributed by atoms with Crippen molar-refractivity contribution in [3.05, 3.63) is 48.6 Å². The van der Waals surface area contributed by atoms with Crippen molar-refractivity contribution in [3.8, 4) is 0 Å². The van der Waals surface area contributed by atoms with Crippen molar-refractivity contribution in [2.45, 2.75) is 12.8 Å². The number of carbonyl (C=O) groups is 1. The summed E-state index contributed by atoms with van der Waals surface area (Å²) < 4.78 is 5.67. The number of carbonyl (C=O) groups excluding carboxylic acids is 1. The number of fused-ring (bicyclic) bond motifs is 1. The highest BCUT2D eigenvalue weighted by atomic mass is 16.3. The summed E-state index contributed by atoms with van der Waals surface area (Å²) in [7, 11) is 0. The third-order valence-electron chi connectivity index (χ3n) is 4.36. The molecule has 1 amide bonds. The number of aromatic nitrogens is 3. The van der Waals surface area contributed by atoms with Gasteiger partial charge in [0.2, 0.25) is 11.9 Å². The smallest absolute Gasteiger partial charge is 0.225 e. The highest BCUT2D eigenvalue weighted by Gasteiger charge is 2.22. The van der Waals surface area contributed by atoms with Gasteiger partial charge < -0.3 is 14.2 Å². The summed E-state index contributed by atoms with van der Waals surface area (Å²) in [4.78, 5) is 29.4. The lowest BCUT2D eigenvalue weighted by atomic mass is 10.2. The van der Waals surface area contributed by atoms with Crippen LogP contribution in [0.2, 0.25) is 0 Å². The van der Waals surface area contributed by atoms with Crippen molar-refractivity contribution in [1.82, 2.24) is 19.9 Å². The van der Waals surface area contributed by atoms with E-state index in [1.165, 1.54) is 0 Å². The molecule has 0 unspecified atom stereocenters. The van der Waals surface area contributed by atoms with Crippen molar-refractivity contribution < 1.29 is 9.21 Å². The third-order valence-corrected chi connectivity index (χ3v) is 4.36. The van der Waals surface area contributed by atoms with Gasteiger partial charge in [-0.05, 0) is 18.2 Å². The summed E-state index contributed by atoms with van der Waals surface area (Å²) in [5.74, 6) is 1.47. The summed E-state index contributed by atoms with van der Waals surface area (Å²) in [6.45, 7) is 2.87. The van der Waals surface area contributed by atoms with Crippen molar-refractivity contribution in [1.29, 1.82) is 0 Å². The molecular weight excluding hydrogens is 318 g/mol. The van der Waals surface area contributed by atoms with E-state index in [0.717, 1.165) is 30.1 Å². The number of hydrogen-bond acceptors (Lipinski definition) is 6. The van der Waals surface area contributed by atoms with Crippen LogP contribution in [0.3, 0.4) is 0 Å². The minimum atomic E-state index is 0.135. The molecule has 1 aliphatic heterocycles. The molecule has 1 saturated heterocycles. The maximum absolute atomic E-state index is 12.4. The molecule has 1 fully saturated rings. The molecule has 3 aromatic rings. The Morgan fingerprint density at radius 3 is 2.56 bits per heavy atom. The van der Waals surface area contributed by atoms with E-state index in [0.29, 0.717) is 31.8 Å². The van der Waals surface area contributed by atoms with Crippen LogP contribution in [-0.2, 0) is 11.2 Å². The molecule has 0 atom stereocenters. The maximum Gasteiger partial charge on any atom is 0.225 e. The van der Waals surface area contributed by atoms with E-state index in [2.05, 4.69) is 19.9 Å². The van der Waals surface area contributed by atoms with Crippen LogP contribution in [0.5, 0.6) is 0 Å². The molecule has 0 aliphatic carbocycles. The van der Waals surface area contributed by atoms with E-state index in [4.69, 9.17) is 4.42 Å². The zero-order chi connectivity index (χ0) is 17.1. The van der Waals surface area contributed by atoms with Gasteiger partial charge in [0.05, 0.1) is 0 Å². The molecule has 0 bridgehead atoms.